The van der Waals surface area contributed by atoms with Crippen molar-refractivity contribution in [3.8, 4) is 5.75 Å². The van der Waals surface area contributed by atoms with Gasteiger partial charge in [-0.1, -0.05) is 48.7 Å². The van der Waals surface area contributed by atoms with Gasteiger partial charge < -0.3 is 24.6 Å². The van der Waals surface area contributed by atoms with Crippen LogP contribution in [0.5, 0.6) is 5.75 Å². The fourth-order valence-electron chi connectivity index (χ4n) is 3.57. The number of hydrogen-bond acceptors (Lipinski definition) is 9. The summed E-state index contributed by atoms with van der Waals surface area (Å²) in [5.41, 5.74) is -1.40. The van der Waals surface area contributed by atoms with Crippen molar-refractivity contribution in [3.05, 3.63) is 61.6 Å². The van der Waals surface area contributed by atoms with Gasteiger partial charge in [0.15, 0.2) is 5.75 Å². The van der Waals surface area contributed by atoms with Gasteiger partial charge in [-0.25, -0.2) is 19.2 Å². The summed E-state index contributed by atoms with van der Waals surface area (Å²) >= 11 is 17.6. The van der Waals surface area contributed by atoms with E-state index >= 15 is 0 Å². The van der Waals surface area contributed by atoms with Crippen molar-refractivity contribution in [1.82, 2.24) is 5.32 Å². The zero-order valence-corrected chi connectivity index (χ0v) is 29.8. The second kappa shape index (κ2) is 17.4. The molecule has 2 aromatic carbocycles. The molecule has 47 heavy (non-hydrogen) atoms. The fourth-order valence-corrected chi connectivity index (χ4v) is 4.19. The van der Waals surface area contributed by atoms with Crippen LogP contribution in [0.3, 0.4) is 0 Å². The van der Waals surface area contributed by atoms with E-state index in [1.165, 1.54) is 43.3 Å². The van der Waals surface area contributed by atoms with Gasteiger partial charge in [0.05, 0.1) is 9.95 Å². The van der Waals surface area contributed by atoms with E-state index < -0.39 is 52.3 Å². The molecule has 16 heteroatoms. The second-order valence-electron chi connectivity index (χ2n) is 12.6. The van der Waals surface area contributed by atoms with Gasteiger partial charge in [0.25, 0.3) is 5.69 Å². The quantitative estimate of drug-likeness (QED) is 0.0843. The molecule has 0 fully saturated rings. The number of carbonyl (C=O) groups is 4. The van der Waals surface area contributed by atoms with Crippen molar-refractivity contribution >= 4 is 70.3 Å². The molecule has 0 aliphatic carbocycles. The molecule has 260 valence electrons. The van der Waals surface area contributed by atoms with Crippen molar-refractivity contribution in [2.45, 2.75) is 92.0 Å². The number of carboxylic acids is 1. The highest BCUT2D eigenvalue weighted by atomic mass is 35.5. The maximum atomic E-state index is 12.6. The van der Waals surface area contributed by atoms with Crippen molar-refractivity contribution in [2.75, 3.05) is 4.90 Å². The highest BCUT2D eigenvalue weighted by molar-refractivity contribution is 6.44. The monoisotopic (exact) mass is 719 g/mol. The van der Waals surface area contributed by atoms with Gasteiger partial charge in [-0.05, 0) is 79.0 Å². The van der Waals surface area contributed by atoms with Crippen molar-refractivity contribution in [3.63, 3.8) is 0 Å². The summed E-state index contributed by atoms with van der Waals surface area (Å²) in [6, 6.07) is 5.83. The Labute approximate surface area is 288 Å². The number of rotatable bonds is 9. The van der Waals surface area contributed by atoms with Crippen molar-refractivity contribution in [1.29, 1.82) is 0 Å². The number of alkyl carbamates (subject to hydrolysis) is 1. The summed E-state index contributed by atoms with van der Waals surface area (Å²) in [5, 5.41) is 23.2. The van der Waals surface area contributed by atoms with Gasteiger partial charge in [0.1, 0.15) is 28.3 Å². The van der Waals surface area contributed by atoms with Gasteiger partial charge in [-0.3, -0.25) is 15.0 Å². The molecule has 0 unspecified atom stereocenters. The smallest absolute Gasteiger partial charge is 0.415 e. The topological polar surface area (TPSA) is 175 Å². The molecule has 2 atom stereocenters. The first-order chi connectivity index (χ1) is 21.4. The van der Waals surface area contributed by atoms with E-state index in [0.29, 0.717) is 0 Å². The standard InChI is InChI=1S/C17H24N2O6.C14H16Cl3NO4/c1-11(2)10-14(15(20)21)18(16(22)25-17(3,4)5)12-6-8-13(9-7-12)19(23)24;1-7(18-13(20)22-14(2,3)4)12(19)21-10-6-8(15)5-9(16)11(10)17/h6-9,11,14H,10H2,1-5H3,(H,20,21);5-7H,1-4H3,(H,18,20)/t14-;7-/m01/s1. The predicted molar refractivity (Wildman–Crippen MR) is 179 cm³/mol. The molecule has 13 nitrogen and oxygen atoms in total. The third-order valence-electron chi connectivity index (χ3n) is 5.48. The first-order valence-electron chi connectivity index (χ1n) is 14.3. The number of halogens is 3. The Kier molecular flexibility index (Phi) is 15.2. The highest BCUT2D eigenvalue weighted by Gasteiger charge is 2.35. The van der Waals surface area contributed by atoms with Crippen LogP contribution in [0.4, 0.5) is 21.0 Å². The number of aliphatic carboxylic acids is 1. The first kappa shape index (κ1) is 41.2. The van der Waals surface area contributed by atoms with Crippen LogP contribution in [-0.2, 0) is 19.1 Å². The van der Waals surface area contributed by atoms with Crippen LogP contribution in [0.2, 0.25) is 15.1 Å². The van der Waals surface area contributed by atoms with Crippen LogP contribution in [0.1, 0.15) is 68.7 Å². The Balaban J connectivity index is 0.000000474. The Morgan fingerprint density at radius 3 is 1.91 bits per heavy atom. The molecule has 0 spiro atoms. The van der Waals surface area contributed by atoms with E-state index in [1.54, 1.807) is 41.5 Å². The van der Waals surface area contributed by atoms with E-state index in [-0.39, 0.29) is 44.5 Å². The normalized spacial score (nSPS) is 12.5. The van der Waals surface area contributed by atoms with E-state index in [9.17, 15) is 34.4 Å². The molecule has 2 N–H and O–H groups in total. The number of esters is 1. The zero-order chi connectivity index (χ0) is 36.4. The average Bonchev–Trinajstić information content (AvgIpc) is 2.89. The average molecular weight is 721 g/mol. The lowest BCUT2D eigenvalue weighted by Crippen LogP contribution is -2.48. The number of amides is 2. The van der Waals surface area contributed by atoms with E-state index in [0.717, 1.165) is 4.90 Å². The summed E-state index contributed by atoms with van der Waals surface area (Å²) in [4.78, 5) is 59.2. The Bertz CT molecular complexity index is 1440. The molecule has 0 heterocycles. The third-order valence-corrected chi connectivity index (χ3v) is 6.48. The Morgan fingerprint density at radius 1 is 0.936 bits per heavy atom. The molecular weight excluding hydrogens is 681 g/mol. The maximum absolute atomic E-state index is 12.6. The van der Waals surface area contributed by atoms with Crippen molar-refractivity contribution in [2.24, 2.45) is 5.92 Å². The van der Waals surface area contributed by atoms with Crippen LogP contribution >= 0.6 is 34.8 Å². The van der Waals surface area contributed by atoms with Crippen LogP contribution in [0.25, 0.3) is 0 Å². The molecule has 2 rings (SSSR count). The molecule has 0 saturated heterocycles. The lowest BCUT2D eigenvalue weighted by atomic mass is 10.0. The largest absolute Gasteiger partial charge is 0.480 e. The summed E-state index contributed by atoms with van der Waals surface area (Å²) in [6.07, 6.45) is -1.33. The Hall–Kier alpha value is -3.81. The number of benzene rings is 2. The zero-order valence-electron chi connectivity index (χ0n) is 27.6. The van der Waals surface area contributed by atoms with E-state index in [1.807, 2.05) is 13.8 Å². The summed E-state index contributed by atoms with van der Waals surface area (Å²) in [6.45, 7) is 15.3. The number of nitrogens with one attached hydrogen (secondary N) is 1. The van der Waals surface area contributed by atoms with Crippen LogP contribution in [-0.4, -0.2) is 57.4 Å². The molecule has 2 aromatic rings. The lowest BCUT2D eigenvalue weighted by molar-refractivity contribution is -0.384. The molecule has 0 radical (unpaired) electrons. The summed E-state index contributed by atoms with van der Waals surface area (Å²) in [5.74, 6) is -1.87. The number of anilines is 1. The number of ether oxygens (including phenoxy) is 3. The third kappa shape index (κ3) is 14.7. The van der Waals surface area contributed by atoms with Crippen LogP contribution in [0.15, 0.2) is 36.4 Å². The molecule has 0 aliphatic rings. The molecular formula is C31H40Cl3N3O10. The van der Waals surface area contributed by atoms with Gasteiger partial charge in [-0.2, -0.15) is 0 Å². The van der Waals surface area contributed by atoms with Crippen molar-refractivity contribution < 1.29 is 43.4 Å². The van der Waals surface area contributed by atoms with E-state index in [2.05, 4.69) is 5.32 Å². The summed E-state index contributed by atoms with van der Waals surface area (Å²) in [7, 11) is 0. The predicted octanol–water partition coefficient (Wildman–Crippen LogP) is 8.30. The molecule has 0 aliphatic heterocycles. The van der Waals surface area contributed by atoms with Gasteiger partial charge >= 0.3 is 24.1 Å². The van der Waals surface area contributed by atoms with Crippen LogP contribution in [0, 0.1) is 16.0 Å². The van der Waals surface area contributed by atoms with Gasteiger partial charge in [0.2, 0.25) is 0 Å². The number of nitrogens with zero attached hydrogens (tertiary/aromatic N) is 2. The SMILES string of the molecule is CC(C)C[C@@H](C(=O)O)N(C(=O)OC(C)(C)C)c1ccc([N+](=O)[O-])cc1.C[C@@H](NC(=O)OC(C)(C)C)C(=O)Oc1cc(Cl)cc(Cl)c1Cl. The minimum atomic E-state index is -1.17. The number of carbonyl (C=O) groups excluding carboxylic acids is 3. The number of nitro groups is 1. The molecule has 0 saturated carbocycles. The minimum absolute atomic E-state index is 0.0157. The maximum Gasteiger partial charge on any atom is 0.415 e. The molecule has 0 bridgehead atoms. The molecule has 0 aromatic heterocycles. The van der Waals surface area contributed by atoms with E-state index in [4.69, 9.17) is 49.0 Å². The number of nitro benzene ring substituents is 1. The minimum Gasteiger partial charge on any atom is -0.480 e. The number of non-ortho nitro benzene ring substituents is 1. The van der Waals surface area contributed by atoms with Gasteiger partial charge in [0, 0.05) is 28.9 Å². The highest BCUT2D eigenvalue weighted by Crippen LogP contribution is 2.35. The number of hydrogen-bond donors (Lipinski definition) is 2. The first-order valence-corrected chi connectivity index (χ1v) is 15.4. The lowest BCUT2D eigenvalue weighted by Gasteiger charge is -2.32. The second-order valence-corrected chi connectivity index (χ2v) is 13.8. The van der Waals surface area contributed by atoms with Gasteiger partial charge in [-0.15, -0.1) is 0 Å². The fraction of sp³-hybridized carbons (Fsp3) is 0.484. The van der Waals surface area contributed by atoms with Crippen LogP contribution < -0.4 is 15.0 Å². The summed E-state index contributed by atoms with van der Waals surface area (Å²) < 4.78 is 15.5. The molecule has 2 amide bonds. The Morgan fingerprint density at radius 2 is 1.47 bits per heavy atom. The number of carboxylic acid groups (broad SMARTS) is 1.